The van der Waals surface area contributed by atoms with Gasteiger partial charge in [0.15, 0.2) is 5.82 Å². The van der Waals surface area contributed by atoms with Gasteiger partial charge in [0.1, 0.15) is 10.7 Å². The quantitative estimate of drug-likeness (QED) is 0.777. The predicted molar refractivity (Wildman–Crippen MR) is 56.5 cm³/mol. The van der Waals surface area contributed by atoms with E-state index in [9.17, 15) is 4.39 Å². The first-order chi connectivity index (χ1) is 7.22. The fourth-order valence-electron chi connectivity index (χ4n) is 1.08. The summed E-state index contributed by atoms with van der Waals surface area (Å²) in [5.74, 6) is 0.247. The Bertz CT molecular complexity index is 456. The lowest BCUT2D eigenvalue weighted by atomic mass is 10.3. The zero-order valence-corrected chi connectivity index (χ0v) is 9.48. The maximum atomic E-state index is 13.2. The van der Waals surface area contributed by atoms with Gasteiger partial charge in [-0.3, -0.25) is 0 Å². The minimum absolute atomic E-state index is 0.191. The lowest BCUT2D eigenvalue weighted by Crippen LogP contribution is -1.90. The Kier molecular flexibility index (Phi) is 3.02. The van der Waals surface area contributed by atoms with Gasteiger partial charge in [0.2, 0.25) is 0 Å². The van der Waals surface area contributed by atoms with E-state index in [0.29, 0.717) is 17.1 Å². The topological polar surface area (TPSA) is 38.9 Å². The summed E-state index contributed by atoms with van der Waals surface area (Å²) in [6.45, 7) is 1.92. The van der Waals surface area contributed by atoms with E-state index in [1.807, 2.05) is 6.92 Å². The zero-order valence-electron chi connectivity index (χ0n) is 7.91. The highest BCUT2D eigenvalue weighted by Crippen LogP contribution is 2.29. The van der Waals surface area contributed by atoms with E-state index in [0.717, 1.165) is 0 Å². The van der Waals surface area contributed by atoms with Gasteiger partial charge in [-0.15, -0.1) is 22.9 Å². The predicted octanol–water partition coefficient (Wildman–Crippen LogP) is 3.63. The number of halogens is 2. The summed E-state index contributed by atoms with van der Waals surface area (Å²) in [5, 5.41) is 5.05. The Labute approximate surface area is 94.9 Å². The molecule has 0 saturated carbocycles. The van der Waals surface area contributed by atoms with Crippen molar-refractivity contribution in [1.29, 1.82) is 0 Å². The van der Waals surface area contributed by atoms with Crippen LogP contribution in [0.1, 0.15) is 24.5 Å². The summed E-state index contributed by atoms with van der Waals surface area (Å²) >= 11 is 7.15. The van der Waals surface area contributed by atoms with Crippen LogP contribution in [-0.2, 0) is 0 Å². The highest BCUT2D eigenvalue weighted by Gasteiger charge is 2.18. The first-order valence-electron chi connectivity index (χ1n) is 4.43. The van der Waals surface area contributed by atoms with Gasteiger partial charge < -0.3 is 4.52 Å². The van der Waals surface area contributed by atoms with E-state index >= 15 is 0 Å². The van der Waals surface area contributed by atoms with Crippen molar-refractivity contribution in [3.05, 3.63) is 23.1 Å². The van der Waals surface area contributed by atoms with Crippen LogP contribution in [0.15, 0.2) is 16.0 Å². The molecule has 6 heteroatoms. The monoisotopic (exact) mass is 246 g/mol. The number of hydrogen-bond acceptors (Lipinski definition) is 4. The van der Waals surface area contributed by atoms with Crippen LogP contribution < -0.4 is 0 Å². The van der Waals surface area contributed by atoms with Gasteiger partial charge in [-0.05, 0) is 17.9 Å². The molecule has 0 amide bonds. The van der Waals surface area contributed by atoms with Crippen LogP contribution in [0.5, 0.6) is 0 Å². The van der Waals surface area contributed by atoms with Crippen molar-refractivity contribution >= 4 is 22.9 Å². The molecule has 3 nitrogen and oxygen atoms in total. The number of nitrogens with zero attached hydrogens (tertiary/aromatic N) is 2. The van der Waals surface area contributed by atoms with Crippen molar-refractivity contribution in [3.63, 3.8) is 0 Å². The summed E-state index contributed by atoms with van der Waals surface area (Å²) in [5.41, 5.74) is 0. The molecule has 0 radical (unpaired) electrons. The number of hydrogen-bond donors (Lipinski definition) is 0. The molecule has 0 aliphatic rings. The summed E-state index contributed by atoms with van der Waals surface area (Å²) < 4.78 is 18.1. The average molecular weight is 247 g/mol. The molecule has 0 N–H and O–H groups in total. The summed E-state index contributed by atoms with van der Waals surface area (Å²) in [4.78, 5) is 4.40. The molecule has 0 saturated heterocycles. The molecule has 2 aromatic heterocycles. The molecule has 1 unspecified atom stereocenters. The second-order valence-electron chi connectivity index (χ2n) is 2.93. The standard InChI is InChI=1S/C9H8ClFN2OS/c1-2-5(10)8-12-9(14-13-8)7-6(11)3-4-15-7/h3-5H,2H2,1H3. The van der Waals surface area contributed by atoms with Gasteiger partial charge in [0, 0.05) is 0 Å². The first kappa shape index (κ1) is 10.6. The zero-order chi connectivity index (χ0) is 10.8. The highest BCUT2D eigenvalue weighted by atomic mass is 35.5. The van der Waals surface area contributed by atoms with Crippen molar-refractivity contribution in [2.24, 2.45) is 0 Å². The normalized spacial score (nSPS) is 13.0. The van der Waals surface area contributed by atoms with Crippen LogP contribution >= 0.6 is 22.9 Å². The Morgan fingerprint density at radius 2 is 2.47 bits per heavy atom. The molecular weight excluding hydrogens is 239 g/mol. The summed E-state index contributed by atoms with van der Waals surface area (Å²) in [6.07, 6.45) is 0.702. The second kappa shape index (κ2) is 4.28. The molecule has 2 heterocycles. The molecule has 15 heavy (non-hydrogen) atoms. The van der Waals surface area contributed by atoms with E-state index in [1.54, 1.807) is 5.38 Å². The molecular formula is C9H8ClFN2OS. The van der Waals surface area contributed by atoms with Crippen LogP contribution in [0.3, 0.4) is 0 Å². The van der Waals surface area contributed by atoms with Crippen LogP contribution in [0.2, 0.25) is 0 Å². The van der Waals surface area contributed by atoms with Crippen molar-refractivity contribution in [2.75, 3.05) is 0 Å². The molecule has 2 aromatic rings. The third kappa shape index (κ3) is 2.03. The molecule has 0 aromatic carbocycles. The van der Waals surface area contributed by atoms with Crippen molar-refractivity contribution in [1.82, 2.24) is 10.1 Å². The van der Waals surface area contributed by atoms with E-state index in [2.05, 4.69) is 10.1 Å². The van der Waals surface area contributed by atoms with E-state index in [4.69, 9.17) is 16.1 Å². The van der Waals surface area contributed by atoms with Gasteiger partial charge in [-0.2, -0.15) is 4.98 Å². The van der Waals surface area contributed by atoms with Crippen LogP contribution in [-0.4, -0.2) is 10.1 Å². The SMILES string of the molecule is CCC(Cl)c1noc(-c2sccc2F)n1. The molecule has 1 atom stereocenters. The fourth-order valence-corrected chi connectivity index (χ4v) is 1.86. The van der Waals surface area contributed by atoms with Gasteiger partial charge >= 0.3 is 0 Å². The van der Waals surface area contributed by atoms with Gasteiger partial charge in [-0.1, -0.05) is 12.1 Å². The lowest BCUT2D eigenvalue weighted by molar-refractivity contribution is 0.420. The molecule has 0 bridgehead atoms. The van der Waals surface area contributed by atoms with Crippen molar-refractivity contribution in [2.45, 2.75) is 18.7 Å². The molecule has 0 aliphatic heterocycles. The maximum Gasteiger partial charge on any atom is 0.271 e. The number of rotatable bonds is 3. The Balaban J connectivity index is 2.32. The van der Waals surface area contributed by atoms with Gasteiger partial charge in [-0.25, -0.2) is 4.39 Å². The van der Waals surface area contributed by atoms with Crippen molar-refractivity contribution < 1.29 is 8.91 Å². The third-order valence-corrected chi connectivity index (χ3v) is 3.27. The molecule has 80 valence electrons. The smallest absolute Gasteiger partial charge is 0.271 e. The molecule has 0 aliphatic carbocycles. The van der Waals surface area contributed by atoms with Crippen LogP contribution in [0.25, 0.3) is 10.8 Å². The minimum Gasteiger partial charge on any atom is -0.333 e. The lowest BCUT2D eigenvalue weighted by Gasteiger charge is -1.95. The first-order valence-corrected chi connectivity index (χ1v) is 5.75. The average Bonchev–Trinajstić information content (AvgIpc) is 2.84. The molecule has 2 rings (SSSR count). The van der Waals surface area contributed by atoms with Crippen LogP contribution in [0.4, 0.5) is 4.39 Å². The van der Waals surface area contributed by atoms with Crippen LogP contribution in [0, 0.1) is 5.82 Å². The second-order valence-corrected chi connectivity index (χ2v) is 4.37. The van der Waals surface area contributed by atoms with Gasteiger partial charge in [0.05, 0.1) is 5.38 Å². The van der Waals surface area contributed by atoms with E-state index in [-0.39, 0.29) is 17.1 Å². The number of aromatic nitrogens is 2. The van der Waals surface area contributed by atoms with E-state index in [1.165, 1.54) is 17.4 Å². The fraction of sp³-hybridized carbons (Fsp3) is 0.333. The largest absolute Gasteiger partial charge is 0.333 e. The minimum atomic E-state index is -0.349. The molecule has 0 spiro atoms. The summed E-state index contributed by atoms with van der Waals surface area (Å²) in [6, 6.07) is 1.36. The van der Waals surface area contributed by atoms with E-state index < -0.39 is 0 Å². The maximum absolute atomic E-state index is 13.2. The van der Waals surface area contributed by atoms with Gasteiger partial charge in [0.25, 0.3) is 5.89 Å². The third-order valence-electron chi connectivity index (χ3n) is 1.89. The Morgan fingerprint density at radius 3 is 3.07 bits per heavy atom. The number of thiophene rings is 1. The number of alkyl halides is 1. The highest BCUT2D eigenvalue weighted by molar-refractivity contribution is 7.13. The summed E-state index contributed by atoms with van der Waals surface area (Å²) in [7, 11) is 0. The Morgan fingerprint density at radius 1 is 1.67 bits per heavy atom. The Hall–Kier alpha value is -0.940. The van der Waals surface area contributed by atoms with Crippen molar-refractivity contribution in [3.8, 4) is 10.8 Å². The molecule has 0 fully saturated rings.